The molecule has 0 aromatic heterocycles. The number of hydrogen-bond acceptors (Lipinski definition) is 2. The molecule has 0 amide bonds. The van der Waals surface area contributed by atoms with E-state index in [1.807, 2.05) is 19.9 Å². The van der Waals surface area contributed by atoms with Crippen LogP contribution in [0.1, 0.15) is 47.5 Å². The van der Waals surface area contributed by atoms with Crippen LogP contribution >= 0.6 is 0 Å². The van der Waals surface area contributed by atoms with Gasteiger partial charge < -0.3 is 4.43 Å². The van der Waals surface area contributed by atoms with Crippen molar-refractivity contribution in [1.82, 2.24) is 0 Å². The van der Waals surface area contributed by atoms with Crippen molar-refractivity contribution in [2.24, 2.45) is 0 Å². The van der Waals surface area contributed by atoms with Gasteiger partial charge in [0.1, 0.15) is 11.9 Å². The first-order valence-corrected chi connectivity index (χ1v) is 9.73. The summed E-state index contributed by atoms with van der Waals surface area (Å²) in [5.41, 5.74) is 0.248. The van der Waals surface area contributed by atoms with Crippen LogP contribution in [-0.4, -0.2) is 20.2 Å². The van der Waals surface area contributed by atoms with Gasteiger partial charge in [-0.2, -0.15) is 0 Å². The summed E-state index contributed by atoms with van der Waals surface area (Å²) >= 11 is 0. The van der Waals surface area contributed by atoms with Crippen LogP contribution in [0.4, 0.5) is 0 Å². The second-order valence-corrected chi connectivity index (χ2v) is 10.0. The second-order valence-electron chi connectivity index (χ2n) is 5.33. The first kappa shape index (κ1) is 18.1. The fraction of sp³-hybridized carbons (Fsp3) is 0.688. The molecule has 0 heterocycles. The zero-order valence-corrected chi connectivity index (χ0v) is 14.1. The molecule has 0 aromatic rings. The van der Waals surface area contributed by atoms with E-state index in [4.69, 9.17) is 10.8 Å². The molecule has 0 radical (unpaired) electrons. The molecule has 0 saturated heterocycles. The van der Waals surface area contributed by atoms with E-state index >= 15 is 0 Å². The summed E-state index contributed by atoms with van der Waals surface area (Å²) in [6.07, 6.45) is 10.0. The number of aldehydes is 1. The summed E-state index contributed by atoms with van der Waals surface area (Å²) in [4.78, 5) is 10.6. The van der Waals surface area contributed by atoms with Gasteiger partial charge in [0.15, 0.2) is 8.32 Å². The van der Waals surface area contributed by atoms with Gasteiger partial charge in [-0.3, -0.25) is 4.79 Å². The average molecular weight is 280 g/mol. The van der Waals surface area contributed by atoms with E-state index < -0.39 is 13.9 Å². The van der Waals surface area contributed by atoms with Gasteiger partial charge in [0.2, 0.25) is 0 Å². The summed E-state index contributed by atoms with van der Waals surface area (Å²) in [6.45, 7) is 10.4. The third-order valence-corrected chi connectivity index (χ3v) is 8.70. The van der Waals surface area contributed by atoms with Gasteiger partial charge in [0.05, 0.1) is 0 Å². The molecular formula is C16H28O2Si. The maximum absolute atomic E-state index is 10.6. The third-order valence-electron chi connectivity index (χ3n) is 3.95. The Hall–Kier alpha value is -0.853. The van der Waals surface area contributed by atoms with E-state index in [1.54, 1.807) is 0 Å². The average Bonchev–Trinajstić information content (AvgIpc) is 2.44. The van der Waals surface area contributed by atoms with Crippen molar-refractivity contribution in [2.75, 3.05) is 0 Å². The minimum atomic E-state index is -1.69. The summed E-state index contributed by atoms with van der Waals surface area (Å²) in [5, 5.41) is 0. The monoisotopic (exact) mass is 280 g/mol. The fourth-order valence-electron chi connectivity index (χ4n) is 2.22. The maximum atomic E-state index is 10.6. The highest BCUT2D eigenvalue weighted by atomic mass is 28.4. The van der Waals surface area contributed by atoms with Gasteiger partial charge >= 0.3 is 0 Å². The minimum Gasteiger partial charge on any atom is -0.401 e. The molecule has 19 heavy (non-hydrogen) atoms. The summed E-state index contributed by atoms with van der Waals surface area (Å²) in [6, 6.07) is 3.29. The smallest absolute Gasteiger partial charge is 0.194 e. The molecule has 1 atom stereocenters. The molecule has 0 aliphatic rings. The van der Waals surface area contributed by atoms with E-state index in [1.165, 1.54) is 0 Å². The van der Waals surface area contributed by atoms with Gasteiger partial charge in [-0.25, -0.2) is 0 Å². The van der Waals surface area contributed by atoms with Crippen LogP contribution in [0.2, 0.25) is 18.1 Å². The van der Waals surface area contributed by atoms with Crippen molar-refractivity contribution in [3.63, 3.8) is 0 Å². The SMILES string of the molecule is C#C[C@](C)(CCC=C(C)C=O)O[Si](CC)(CC)CC. The Balaban J connectivity index is 4.78. The summed E-state index contributed by atoms with van der Waals surface area (Å²) < 4.78 is 6.42. The molecule has 0 N–H and O–H groups in total. The Bertz CT molecular complexity index is 342. The Morgan fingerprint density at radius 1 is 1.32 bits per heavy atom. The molecule has 0 unspecified atom stereocenters. The molecule has 0 rings (SSSR count). The first-order valence-electron chi connectivity index (χ1n) is 7.20. The van der Waals surface area contributed by atoms with Gasteiger partial charge in [0, 0.05) is 0 Å². The number of carbonyl (C=O) groups excluding carboxylic acids is 1. The van der Waals surface area contributed by atoms with Crippen LogP contribution in [0.5, 0.6) is 0 Å². The normalized spacial score (nSPS) is 15.7. The van der Waals surface area contributed by atoms with Crippen molar-refractivity contribution in [3.05, 3.63) is 11.6 Å². The largest absolute Gasteiger partial charge is 0.401 e. The number of terminal acetylenes is 1. The van der Waals surface area contributed by atoms with Crippen LogP contribution in [0.15, 0.2) is 11.6 Å². The number of carbonyl (C=O) groups is 1. The number of allylic oxidation sites excluding steroid dienone is 2. The highest BCUT2D eigenvalue weighted by molar-refractivity contribution is 6.73. The quantitative estimate of drug-likeness (QED) is 0.272. The highest BCUT2D eigenvalue weighted by Gasteiger charge is 2.36. The van der Waals surface area contributed by atoms with Crippen LogP contribution in [-0.2, 0) is 9.22 Å². The van der Waals surface area contributed by atoms with Crippen LogP contribution in [0, 0.1) is 12.3 Å². The van der Waals surface area contributed by atoms with Gasteiger partial charge in [-0.05, 0) is 50.4 Å². The molecule has 0 saturated carbocycles. The highest BCUT2D eigenvalue weighted by Crippen LogP contribution is 2.30. The lowest BCUT2D eigenvalue weighted by molar-refractivity contribution is -0.104. The molecule has 2 nitrogen and oxygen atoms in total. The molecule has 0 spiro atoms. The van der Waals surface area contributed by atoms with Crippen LogP contribution in [0.25, 0.3) is 0 Å². The zero-order chi connectivity index (χ0) is 14.9. The zero-order valence-electron chi connectivity index (χ0n) is 13.1. The lowest BCUT2D eigenvalue weighted by Gasteiger charge is -2.37. The van der Waals surface area contributed by atoms with Crippen molar-refractivity contribution in [3.8, 4) is 12.3 Å². The minimum absolute atomic E-state index is 0.506. The Morgan fingerprint density at radius 2 is 1.84 bits per heavy atom. The number of hydrogen-bond donors (Lipinski definition) is 0. The number of rotatable bonds is 9. The van der Waals surface area contributed by atoms with E-state index in [2.05, 4.69) is 26.7 Å². The van der Waals surface area contributed by atoms with Crippen molar-refractivity contribution in [1.29, 1.82) is 0 Å². The van der Waals surface area contributed by atoms with Crippen molar-refractivity contribution < 1.29 is 9.22 Å². The van der Waals surface area contributed by atoms with Crippen LogP contribution < -0.4 is 0 Å². The van der Waals surface area contributed by atoms with E-state index in [0.29, 0.717) is 0 Å². The predicted octanol–water partition coefficient (Wildman–Crippen LogP) is 4.33. The van der Waals surface area contributed by atoms with Gasteiger partial charge in [-0.1, -0.05) is 32.8 Å². The Morgan fingerprint density at radius 3 is 2.21 bits per heavy atom. The molecule has 3 heteroatoms. The first-order chi connectivity index (χ1) is 8.90. The van der Waals surface area contributed by atoms with Crippen molar-refractivity contribution >= 4 is 14.6 Å². The second kappa shape index (κ2) is 8.34. The fourth-order valence-corrected chi connectivity index (χ4v) is 5.27. The van der Waals surface area contributed by atoms with Gasteiger partial charge in [0.25, 0.3) is 0 Å². The standard InChI is InChI=1S/C16H28O2Si/c1-7-16(6,13-11-12-15(5)14-17)18-19(8-2,9-3)10-4/h1,12,14H,8-11,13H2,2-6H3/t16-/m1/s1. The molecular weight excluding hydrogens is 252 g/mol. The van der Waals surface area contributed by atoms with E-state index in [0.717, 1.165) is 42.8 Å². The topological polar surface area (TPSA) is 26.3 Å². The summed E-state index contributed by atoms with van der Waals surface area (Å²) in [7, 11) is -1.69. The molecule has 0 aliphatic heterocycles. The molecule has 0 aromatic carbocycles. The lowest BCUT2D eigenvalue weighted by atomic mass is 10.0. The third kappa shape index (κ3) is 5.75. The van der Waals surface area contributed by atoms with Crippen LogP contribution in [0.3, 0.4) is 0 Å². The maximum Gasteiger partial charge on any atom is 0.194 e. The van der Waals surface area contributed by atoms with E-state index in [9.17, 15) is 4.79 Å². The molecule has 0 fully saturated rings. The lowest BCUT2D eigenvalue weighted by Crippen LogP contribution is -2.45. The Labute approximate surface area is 119 Å². The predicted molar refractivity (Wildman–Crippen MR) is 84.6 cm³/mol. The molecule has 108 valence electrons. The Kier molecular flexibility index (Phi) is 7.97. The molecule has 0 bridgehead atoms. The van der Waals surface area contributed by atoms with E-state index in [-0.39, 0.29) is 0 Å². The van der Waals surface area contributed by atoms with Crippen molar-refractivity contribution in [2.45, 2.75) is 71.2 Å². The van der Waals surface area contributed by atoms with Gasteiger partial charge in [-0.15, -0.1) is 6.42 Å². The molecule has 0 aliphatic carbocycles. The summed E-state index contributed by atoms with van der Waals surface area (Å²) in [5.74, 6) is 2.82.